The van der Waals surface area contributed by atoms with Crippen LogP contribution >= 0.6 is 0 Å². The Kier molecular flexibility index (Phi) is 10.2. The van der Waals surface area contributed by atoms with E-state index in [4.69, 9.17) is 9.84 Å². The Hall–Kier alpha value is -1.66. The van der Waals surface area contributed by atoms with Crippen molar-refractivity contribution in [2.45, 2.75) is 83.5 Å². The molecular weight excluding hydrogens is 347 g/mol. The molecule has 1 aromatic heterocycles. The van der Waals surface area contributed by atoms with Gasteiger partial charge in [0.1, 0.15) is 5.75 Å². The molecule has 0 aliphatic heterocycles. The molecule has 0 aliphatic rings. The summed E-state index contributed by atoms with van der Waals surface area (Å²) in [6, 6.07) is 0.888. The second-order valence-electron chi connectivity index (χ2n) is 6.75. The van der Waals surface area contributed by atoms with Crippen LogP contribution in [0.15, 0.2) is 12.3 Å². The van der Waals surface area contributed by atoms with Gasteiger partial charge in [-0.2, -0.15) is 4.79 Å². The molecule has 1 rings (SSSR count). The summed E-state index contributed by atoms with van der Waals surface area (Å²) in [5, 5.41) is 8.70. The minimum atomic E-state index is -3.01. The van der Waals surface area contributed by atoms with Gasteiger partial charge in [-0.15, -0.1) is 0 Å². The first-order valence-corrected chi connectivity index (χ1v) is 9.48. The van der Waals surface area contributed by atoms with E-state index >= 15 is 0 Å². The first-order chi connectivity index (χ1) is 12.4. The van der Waals surface area contributed by atoms with Gasteiger partial charge in [0.2, 0.25) is 0 Å². The van der Waals surface area contributed by atoms with Crippen LogP contribution in [-0.2, 0) is 0 Å². The van der Waals surface area contributed by atoms with Gasteiger partial charge in [0.15, 0.2) is 12.3 Å². The number of nitrogens with zero attached hydrogens (tertiary/aromatic N) is 1. The van der Waals surface area contributed by atoms with Gasteiger partial charge in [0.05, 0.1) is 6.20 Å². The van der Waals surface area contributed by atoms with Crippen LogP contribution in [0.1, 0.15) is 88.0 Å². The molecule has 0 amide bonds. The van der Waals surface area contributed by atoms with Crippen LogP contribution in [0.3, 0.4) is 0 Å². The zero-order valence-corrected chi connectivity index (χ0v) is 15.5. The number of hydrogen-bond donors (Lipinski definition) is 1. The number of rotatable bonds is 15. The molecule has 1 heterocycles. The third kappa shape index (κ3) is 9.15. The number of carboxylic acids is 1. The highest BCUT2D eigenvalue weighted by Gasteiger charge is 2.29. The number of unbranched alkanes of at least 4 members (excludes halogenated alkanes) is 9. The number of aromatic nitrogens is 1. The van der Waals surface area contributed by atoms with Crippen molar-refractivity contribution in [2.75, 3.05) is 6.61 Å². The molecule has 0 aliphatic carbocycles. The molecule has 1 N–H and O–H groups in total. The molecular formula is C19H30F3NO3. The van der Waals surface area contributed by atoms with Gasteiger partial charge in [-0.05, 0) is 6.42 Å². The highest BCUT2D eigenvalue weighted by Crippen LogP contribution is 2.25. The Morgan fingerprint density at radius 3 is 2.12 bits per heavy atom. The first kappa shape index (κ1) is 22.4. The maximum atomic E-state index is 13.8. The number of hydrogen-bond acceptors (Lipinski definition) is 2. The maximum absolute atomic E-state index is 13.8. The quantitative estimate of drug-likeness (QED) is 0.368. The van der Waals surface area contributed by atoms with Crippen LogP contribution in [-0.4, -0.2) is 28.4 Å². The van der Waals surface area contributed by atoms with Crippen molar-refractivity contribution < 1.29 is 27.9 Å². The predicted octanol–water partition coefficient (Wildman–Crippen LogP) is 6.24. The topological polar surface area (TPSA) is 51.5 Å². The van der Waals surface area contributed by atoms with Crippen LogP contribution in [0.25, 0.3) is 0 Å². The lowest BCUT2D eigenvalue weighted by Gasteiger charge is -2.16. The molecule has 0 fully saturated rings. The molecule has 4 nitrogen and oxygen atoms in total. The molecule has 0 aromatic carbocycles. The molecule has 150 valence electrons. The summed E-state index contributed by atoms with van der Waals surface area (Å²) >= 11 is 0. The van der Waals surface area contributed by atoms with Crippen LogP contribution in [0.4, 0.5) is 13.3 Å². The number of ether oxygens (including phenoxy) is 1. The van der Waals surface area contributed by atoms with Gasteiger partial charge in [0.25, 0.3) is 5.92 Å². The first-order valence-electron chi connectivity index (χ1n) is 9.48. The number of halogens is 3. The van der Waals surface area contributed by atoms with E-state index in [9.17, 15) is 18.1 Å². The number of aromatic carboxylic acids is 1. The fraction of sp³-hybridized carbons (Fsp3) is 0.737. The van der Waals surface area contributed by atoms with Gasteiger partial charge >= 0.3 is 5.97 Å². The summed E-state index contributed by atoms with van der Waals surface area (Å²) in [6.07, 6.45) is 11.1. The minimum Gasteiger partial charge on any atom is -0.486 e. The van der Waals surface area contributed by atoms with Gasteiger partial charge in [-0.1, -0.05) is 69.2 Å². The molecule has 0 saturated carbocycles. The lowest BCUT2D eigenvalue weighted by Crippen LogP contribution is -2.25. The van der Waals surface area contributed by atoms with E-state index < -0.39 is 24.2 Å². The Morgan fingerprint density at radius 2 is 1.62 bits per heavy atom. The van der Waals surface area contributed by atoms with E-state index in [2.05, 4.69) is 6.92 Å². The summed E-state index contributed by atoms with van der Waals surface area (Å²) in [6.45, 7) is 1.30. The maximum Gasteiger partial charge on any atom is 0.355 e. The molecule has 0 bridgehead atoms. The van der Waals surface area contributed by atoms with E-state index in [1.807, 2.05) is 0 Å². The second-order valence-corrected chi connectivity index (χ2v) is 6.75. The standard InChI is InChI=1S/C19H30F3NO3/c1-2-3-4-5-6-7-8-9-10-11-12-19(20,21)15-26-16-13-17(18(24)25)23(22)14-16/h13-14H,2-12,15H2,1H3,(H,24,25). The summed E-state index contributed by atoms with van der Waals surface area (Å²) < 4.78 is 45.6. The normalized spacial score (nSPS) is 11.7. The lowest BCUT2D eigenvalue weighted by atomic mass is 10.0. The van der Waals surface area contributed by atoms with E-state index in [1.165, 1.54) is 32.1 Å². The van der Waals surface area contributed by atoms with Crippen molar-refractivity contribution in [3.8, 4) is 5.75 Å². The molecule has 7 heteroatoms. The van der Waals surface area contributed by atoms with Crippen molar-refractivity contribution >= 4 is 5.97 Å². The third-order valence-corrected chi connectivity index (χ3v) is 4.31. The zero-order valence-electron chi connectivity index (χ0n) is 15.5. The Morgan fingerprint density at radius 1 is 1.08 bits per heavy atom. The summed E-state index contributed by atoms with van der Waals surface area (Å²) in [7, 11) is 0. The smallest absolute Gasteiger partial charge is 0.355 e. The SMILES string of the molecule is CCCCCCCCCCCCC(F)(F)COc1cc(C(=O)O)n(F)c1. The predicted molar refractivity (Wildman–Crippen MR) is 94.8 cm³/mol. The van der Waals surface area contributed by atoms with Crippen LogP contribution < -0.4 is 4.74 Å². The average molecular weight is 377 g/mol. The lowest BCUT2D eigenvalue weighted by molar-refractivity contribution is -0.0495. The molecule has 26 heavy (non-hydrogen) atoms. The highest BCUT2D eigenvalue weighted by atomic mass is 19.3. The fourth-order valence-electron chi connectivity index (χ4n) is 2.78. The van der Waals surface area contributed by atoms with E-state index in [-0.39, 0.29) is 17.0 Å². The Labute approximate surface area is 153 Å². The molecule has 0 radical (unpaired) electrons. The Bertz CT molecular complexity index is 532. The molecule has 0 unspecified atom stereocenters. The summed E-state index contributed by atoms with van der Waals surface area (Å²) in [5.74, 6) is -4.71. The van der Waals surface area contributed by atoms with Gasteiger partial charge in [0, 0.05) is 12.5 Å². The second kappa shape index (κ2) is 11.9. The van der Waals surface area contributed by atoms with Crippen molar-refractivity contribution in [1.29, 1.82) is 0 Å². The van der Waals surface area contributed by atoms with Crippen molar-refractivity contribution in [3.05, 3.63) is 18.0 Å². The van der Waals surface area contributed by atoms with E-state index in [0.29, 0.717) is 6.42 Å². The number of carbonyl (C=O) groups is 1. The molecule has 1 aromatic rings. The monoisotopic (exact) mass is 377 g/mol. The van der Waals surface area contributed by atoms with Gasteiger partial charge in [-0.25, -0.2) is 13.6 Å². The van der Waals surface area contributed by atoms with Crippen LogP contribution in [0.5, 0.6) is 5.75 Å². The van der Waals surface area contributed by atoms with Crippen LogP contribution in [0, 0.1) is 0 Å². The number of carboxylic acid groups (broad SMARTS) is 1. The molecule has 0 saturated heterocycles. The average Bonchev–Trinajstić information content (AvgIpc) is 2.96. The van der Waals surface area contributed by atoms with Crippen molar-refractivity contribution in [2.24, 2.45) is 0 Å². The largest absolute Gasteiger partial charge is 0.486 e. The molecule has 0 atom stereocenters. The fourth-order valence-corrected chi connectivity index (χ4v) is 2.78. The Balaban J connectivity index is 2.12. The zero-order chi connectivity index (χ0) is 19.4. The number of alkyl halides is 2. The van der Waals surface area contributed by atoms with Crippen LogP contribution in [0.2, 0.25) is 0 Å². The van der Waals surface area contributed by atoms with E-state index in [0.717, 1.165) is 37.9 Å². The van der Waals surface area contributed by atoms with Crippen molar-refractivity contribution in [3.63, 3.8) is 0 Å². The minimum absolute atomic E-state index is 0.155. The summed E-state index contributed by atoms with van der Waals surface area (Å²) in [5.41, 5.74) is -0.655. The van der Waals surface area contributed by atoms with Gasteiger partial charge in [-0.3, -0.25) is 0 Å². The van der Waals surface area contributed by atoms with Gasteiger partial charge < -0.3 is 9.84 Å². The highest BCUT2D eigenvalue weighted by molar-refractivity contribution is 5.86. The summed E-state index contributed by atoms with van der Waals surface area (Å²) in [4.78, 5) is 10.5. The van der Waals surface area contributed by atoms with Crippen molar-refractivity contribution in [1.82, 2.24) is 4.79 Å². The third-order valence-electron chi connectivity index (χ3n) is 4.31. The van der Waals surface area contributed by atoms with E-state index in [1.54, 1.807) is 0 Å². The molecule has 0 spiro atoms.